The number of carbonyl (C=O) groups is 1. The third kappa shape index (κ3) is 68.8. The standard InChI is InChI=1S/C74H151N2O6P/c1-6-8-10-12-14-16-18-20-22-24-26-28-29-30-31-32-33-34-35-36-37-38-39-40-41-42-43-44-45-46-48-50-52-54-56-58-60-62-64-66-68-74(78)75-72(71-82-83(79,80)81-70-69-76(3,4)5)73(77)67-65-63-61-59-57-55-53-51-49-47-27-25-23-21-19-17-15-13-11-9-7-2/h72-73,77H,6-71H2,1-5H3,(H-,75,78,79,80)/p+1. The number of likely N-dealkylation sites (N-methyl/N-ethyl adjacent to an activating group) is 1. The number of aliphatic hydroxyl groups is 1. The highest BCUT2D eigenvalue weighted by Crippen LogP contribution is 2.43. The molecule has 498 valence electrons. The lowest BCUT2D eigenvalue weighted by Gasteiger charge is -2.26. The van der Waals surface area contributed by atoms with Crippen molar-refractivity contribution in [2.75, 3.05) is 40.9 Å². The number of carbonyl (C=O) groups excluding carboxylic acids is 1. The van der Waals surface area contributed by atoms with Gasteiger partial charge < -0.3 is 19.8 Å². The van der Waals surface area contributed by atoms with Crippen molar-refractivity contribution in [3.8, 4) is 0 Å². The van der Waals surface area contributed by atoms with E-state index in [4.69, 9.17) is 9.05 Å². The summed E-state index contributed by atoms with van der Waals surface area (Å²) >= 11 is 0. The Morgan fingerprint density at radius 1 is 0.361 bits per heavy atom. The smallest absolute Gasteiger partial charge is 0.391 e. The molecule has 9 heteroatoms. The molecule has 3 unspecified atom stereocenters. The van der Waals surface area contributed by atoms with Crippen LogP contribution in [0.1, 0.15) is 418 Å². The number of amides is 1. The van der Waals surface area contributed by atoms with E-state index < -0.39 is 20.0 Å². The monoisotopic (exact) mass is 1200 g/mol. The van der Waals surface area contributed by atoms with Gasteiger partial charge in [0.15, 0.2) is 0 Å². The van der Waals surface area contributed by atoms with Crippen LogP contribution in [0.25, 0.3) is 0 Å². The van der Waals surface area contributed by atoms with E-state index in [0.29, 0.717) is 23.9 Å². The molecule has 3 N–H and O–H groups in total. The number of phosphoric acid groups is 1. The van der Waals surface area contributed by atoms with Gasteiger partial charge in [0.25, 0.3) is 0 Å². The van der Waals surface area contributed by atoms with Crippen molar-refractivity contribution >= 4 is 13.7 Å². The van der Waals surface area contributed by atoms with E-state index in [2.05, 4.69) is 19.2 Å². The topological polar surface area (TPSA) is 105 Å². The molecule has 0 aromatic rings. The molecule has 0 aliphatic rings. The lowest BCUT2D eigenvalue weighted by Crippen LogP contribution is -2.46. The largest absolute Gasteiger partial charge is 0.472 e. The Labute approximate surface area is 520 Å². The normalized spacial score (nSPS) is 13.5. The van der Waals surface area contributed by atoms with E-state index in [0.717, 1.165) is 38.5 Å². The highest BCUT2D eigenvalue weighted by Gasteiger charge is 2.28. The molecule has 0 rings (SSSR count). The van der Waals surface area contributed by atoms with Crippen LogP contribution >= 0.6 is 7.82 Å². The second kappa shape index (κ2) is 65.9. The van der Waals surface area contributed by atoms with Gasteiger partial charge >= 0.3 is 7.82 Å². The van der Waals surface area contributed by atoms with Crippen molar-refractivity contribution in [3.05, 3.63) is 0 Å². The highest BCUT2D eigenvalue weighted by molar-refractivity contribution is 7.47. The van der Waals surface area contributed by atoms with Crippen LogP contribution in [0.4, 0.5) is 0 Å². The van der Waals surface area contributed by atoms with Crippen molar-refractivity contribution < 1.29 is 32.9 Å². The average Bonchev–Trinajstić information content (AvgIpc) is 3.49. The van der Waals surface area contributed by atoms with Gasteiger partial charge in [-0.1, -0.05) is 399 Å². The average molecular weight is 1200 g/mol. The maximum absolute atomic E-state index is 13.1. The molecule has 0 bridgehead atoms. The summed E-state index contributed by atoms with van der Waals surface area (Å²) in [5, 5.41) is 14.2. The Kier molecular flexibility index (Phi) is 65.5. The molecule has 0 aromatic carbocycles. The van der Waals surface area contributed by atoms with Gasteiger partial charge in [-0.15, -0.1) is 0 Å². The lowest BCUT2D eigenvalue weighted by atomic mass is 10.0. The van der Waals surface area contributed by atoms with Gasteiger partial charge in [-0.05, 0) is 12.8 Å². The molecule has 0 aromatic heterocycles. The number of nitrogens with zero attached hydrogens (tertiary/aromatic N) is 1. The minimum atomic E-state index is -4.33. The molecular formula is C74H152N2O6P+. The Morgan fingerprint density at radius 2 is 0.578 bits per heavy atom. The van der Waals surface area contributed by atoms with Crippen LogP contribution < -0.4 is 5.32 Å². The zero-order chi connectivity index (χ0) is 60.5. The molecule has 0 heterocycles. The molecule has 3 atom stereocenters. The molecule has 0 spiro atoms. The third-order valence-electron chi connectivity index (χ3n) is 18.1. The summed E-state index contributed by atoms with van der Waals surface area (Å²) in [5.41, 5.74) is 0. The molecule has 83 heavy (non-hydrogen) atoms. The first kappa shape index (κ1) is 82.5. The van der Waals surface area contributed by atoms with Crippen molar-refractivity contribution in [1.29, 1.82) is 0 Å². The van der Waals surface area contributed by atoms with E-state index in [1.807, 2.05) is 21.1 Å². The van der Waals surface area contributed by atoms with E-state index >= 15 is 0 Å². The van der Waals surface area contributed by atoms with Crippen molar-refractivity contribution in [2.24, 2.45) is 0 Å². The number of nitrogens with one attached hydrogen (secondary N) is 1. The van der Waals surface area contributed by atoms with Crippen LogP contribution in [-0.4, -0.2) is 73.4 Å². The van der Waals surface area contributed by atoms with Gasteiger partial charge in [0.05, 0.1) is 39.9 Å². The molecule has 0 aliphatic carbocycles. The summed E-state index contributed by atoms with van der Waals surface area (Å²) in [7, 11) is 1.64. The van der Waals surface area contributed by atoms with E-state index in [1.165, 1.54) is 353 Å². The number of aliphatic hydroxyl groups excluding tert-OH is 1. The number of unbranched alkanes of at least 4 members (excludes halogenated alkanes) is 59. The van der Waals surface area contributed by atoms with Crippen LogP contribution in [0.3, 0.4) is 0 Å². The van der Waals surface area contributed by atoms with Crippen LogP contribution in [0, 0.1) is 0 Å². The van der Waals surface area contributed by atoms with Gasteiger partial charge in [-0.2, -0.15) is 0 Å². The number of quaternary nitrogens is 1. The van der Waals surface area contributed by atoms with Crippen molar-refractivity contribution in [3.63, 3.8) is 0 Å². The van der Waals surface area contributed by atoms with Crippen LogP contribution in [0.5, 0.6) is 0 Å². The molecule has 0 fully saturated rings. The fourth-order valence-electron chi connectivity index (χ4n) is 12.2. The third-order valence-corrected chi connectivity index (χ3v) is 19.1. The number of rotatable bonds is 72. The summed E-state index contributed by atoms with van der Waals surface area (Å²) in [5.74, 6) is -0.133. The predicted molar refractivity (Wildman–Crippen MR) is 365 cm³/mol. The minimum absolute atomic E-state index is 0.0795. The maximum Gasteiger partial charge on any atom is 0.472 e. The maximum atomic E-state index is 13.1. The molecule has 0 radical (unpaired) electrons. The number of hydrogen-bond donors (Lipinski definition) is 3. The quantitative estimate of drug-likeness (QED) is 0.0318. The van der Waals surface area contributed by atoms with E-state index in [9.17, 15) is 19.4 Å². The first-order chi connectivity index (χ1) is 40.5. The highest BCUT2D eigenvalue weighted by atomic mass is 31.2. The van der Waals surface area contributed by atoms with Crippen LogP contribution in [0.15, 0.2) is 0 Å². The number of hydrogen-bond acceptors (Lipinski definition) is 5. The second-order valence-corrected chi connectivity index (χ2v) is 29.2. The van der Waals surface area contributed by atoms with E-state index in [-0.39, 0.29) is 19.1 Å². The Morgan fingerprint density at radius 3 is 0.807 bits per heavy atom. The zero-order valence-corrected chi connectivity index (χ0v) is 58.1. The van der Waals surface area contributed by atoms with Gasteiger partial charge in [0.2, 0.25) is 5.91 Å². The summed E-state index contributed by atoms with van der Waals surface area (Å²) in [6.07, 6.45) is 83.9. The number of phosphoric ester groups is 1. The van der Waals surface area contributed by atoms with Crippen LogP contribution in [-0.2, 0) is 18.4 Å². The Hall–Kier alpha value is -0.500. The zero-order valence-electron chi connectivity index (χ0n) is 57.2. The summed E-state index contributed by atoms with van der Waals surface area (Å²) in [6, 6.07) is -0.757. The van der Waals surface area contributed by atoms with Crippen LogP contribution in [0.2, 0.25) is 0 Å². The fourth-order valence-corrected chi connectivity index (χ4v) is 13.0. The summed E-state index contributed by atoms with van der Waals surface area (Å²) in [4.78, 5) is 23.5. The minimum Gasteiger partial charge on any atom is -0.391 e. The summed E-state index contributed by atoms with van der Waals surface area (Å²) in [6.45, 7) is 4.97. The first-order valence-electron chi connectivity index (χ1n) is 37.9. The Balaban J connectivity index is 3.84. The SMILES string of the molecule is CCCCCCCCCCCCCCCCCCCCCCCCCCCCCCCCCCCCCCCCCCC(=O)NC(COP(=O)(O)OCC[N+](C)(C)C)C(O)CCCCCCCCCCCCCCCCCCCCCCC. The molecular weight excluding hydrogens is 1040 g/mol. The van der Waals surface area contributed by atoms with Gasteiger partial charge in [0.1, 0.15) is 13.2 Å². The molecule has 0 aliphatic heterocycles. The van der Waals surface area contributed by atoms with Gasteiger partial charge in [0, 0.05) is 6.42 Å². The lowest BCUT2D eigenvalue weighted by molar-refractivity contribution is -0.870. The second-order valence-electron chi connectivity index (χ2n) is 27.8. The van der Waals surface area contributed by atoms with Crippen molar-refractivity contribution in [2.45, 2.75) is 431 Å². The fraction of sp³-hybridized carbons (Fsp3) is 0.986. The Bertz CT molecular complexity index is 1310. The molecule has 8 nitrogen and oxygen atoms in total. The molecule has 1 amide bonds. The van der Waals surface area contributed by atoms with Gasteiger partial charge in [-0.3, -0.25) is 13.8 Å². The molecule has 0 saturated carbocycles. The molecule has 0 saturated heterocycles. The van der Waals surface area contributed by atoms with Gasteiger partial charge in [-0.25, -0.2) is 4.57 Å². The first-order valence-corrected chi connectivity index (χ1v) is 39.4. The summed E-state index contributed by atoms with van der Waals surface area (Å²) < 4.78 is 23.9. The van der Waals surface area contributed by atoms with Crippen molar-refractivity contribution in [1.82, 2.24) is 5.32 Å². The van der Waals surface area contributed by atoms with E-state index in [1.54, 1.807) is 0 Å². The predicted octanol–water partition coefficient (Wildman–Crippen LogP) is 24.3.